The summed E-state index contributed by atoms with van der Waals surface area (Å²) < 4.78 is 13.0. The fraction of sp³-hybridized carbons (Fsp3) is 0.714. The summed E-state index contributed by atoms with van der Waals surface area (Å²) in [5.41, 5.74) is 4.93. The Labute approximate surface area is 190 Å². The van der Waals surface area contributed by atoms with Gasteiger partial charge in [0.25, 0.3) is 0 Å². The van der Waals surface area contributed by atoms with Crippen molar-refractivity contribution < 1.29 is 14.6 Å². The Morgan fingerprint density at radius 3 is 2.61 bits per heavy atom. The highest BCUT2D eigenvalue weighted by Crippen LogP contribution is 2.56. The summed E-state index contributed by atoms with van der Waals surface area (Å²) in [5.74, 6) is 1.28. The molecule has 0 saturated heterocycles. The Balaban J connectivity index is 1.97. The topological polar surface area (TPSA) is 38.7 Å². The normalized spacial score (nSPS) is 23.0. The number of benzene rings is 1. The molecule has 2 unspecified atom stereocenters. The standard InChI is InChI=1S/C28H44O3/c1-8-9-10-11-13-27(6,7)21-15-24(29)26-23-17-28(30-18-19(2)3,31-25(26)16-21)14-12-22(23)20(4)5/h15-16,19,23,29H,8-14,17-18H2,1-7H3. The molecule has 0 aromatic heterocycles. The van der Waals surface area contributed by atoms with Gasteiger partial charge in [-0.3, -0.25) is 0 Å². The van der Waals surface area contributed by atoms with Gasteiger partial charge in [0.05, 0.1) is 6.61 Å². The van der Waals surface area contributed by atoms with Crippen LogP contribution in [0.1, 0.15) is 117 Å². The number of phenolic OH excluding ortho intramolecular Hbond substituents is 1. The molecule has 3 heteroatoms. The van der Waals surface area contributed by atoms with Crippen molar-refractivity contribution in [2.24, 2.45) is 5.92 Å². The van der Waals surface area contributed by atoms with E-state index in [0.29, 0.717) is 18.3 Å². The van der Waals surface area contributed by atoms with Crippen molar-refractivity contribution in [1.82, 2.24) is 0 Å². The van der Waals surface area contributed by atoms with E-state index in [0.717, 1.165) is 42.6 Å². The Hall–Kier alpha value is -1.48. The van der Waals surface area contributed by atoms with Gasteiger partial charge in [0, 0.05) is 24.3 Å². The minimum atomic E-state index is -0.572. The van der Waals surface area contributed by atoms with E-state index in [9.17, 15) is 5.11 Å². The van der Waals surface area contributed by atoms with Gasteiger partial charge >= 0.3 is 0 Å². The fourth-order valence-corrected chi connectivity index (χ4v) is 5.26. The summed E-state index contributed by atoms with van der Waals surface area (Å²) in [6.07, 6.45) is 8.77. The second-order valence-corrected chi connectivity index (χ2v) is 11.1. The van der Waals surface area contributed by atoms with Gasteiger partial charge in [-0.15, -0.1) is 0 Å². The maximum Gasteiger partial charge on any atom is 0.211 e. The number of rotatable bonds is 9. The molecule has 1 aromatic carbocycles. The van der Waals surface area contributed by atoms with Crippen LogP contribution in [0.15, 0.2) is 23.3 Å². The highest BCUT2D eigenvalue weighted by atomic mass is 16.7. The van der Waals surface area contributed by atoms with Crippen molar-refractivity contribution >= 4 is 0 Å². The second-order valence-electron chi connectivity index (χ2n) is 11.1. The lowest BCUT2D eigenvalue weighted by molar-refractivity contribution is -0.211. The molecule has 2 bridgehead atoms. The minimum Gasteiger partial charge on any atom is -0.507 e. The summed E-state index contributed by atoms with van der Waals surface area (Å²) in [7, 11) is 0. The molecule has 1 aromatic rings. The highest BCUT2D eigenvalue weighted by molar-refractivity contribution is 5.56. The maximum atomic E-state index is 11.2. The van der Waals surface area contributed by atoms with Crippen LogP contribution in [0.25, 0.3) is 0 Å². The molecule has 0 spiro atoms. The molecular formula is C28H44O3. The molecule has 1 N–H and O–H groups in total. The van der Waals surface area contributed by atoms with E-state index in [2.05, 4.69) is 54.5 Å². The van der Waals surface area contributed by atoms with Gasteiger partial charge in [-0.2, -0.15) is 0 Å². The van der Waals surface area contributed by atoms with E-state index in [4.69, 9.17) is 9.47 Å². The molecule has 0 radical (unpaired) electrons. The molecule has 1 fully saturated rings. The number of ether oxygens (including phenoxy) is 2. The summed E-state index contributed by atoms with van der Waals surface area (Å²) >= 11 is 0. The predicted octanol–water partition coefficient (Wildman–Crippen LogP) is 8.01. The molecule has 174 valence electrons. The zero-order valence-electron chi connectivity index (χ0n) is 20.9. The molecule has 2 atom stereocenters. The SMILES string of the molecule is CCCCCCC(C)(C)c1cc(O)c2c(c1)OC1(OCC(C)C)CCC(=C(C)C)C2C1. The van der Waals surface area contributed by atoms with Gasteiger partial charge in [0.15, 0.2) is 0 Å². The smallest absolute Gasteiger partial charge is 0.211 e. The van der Waals surface area contributed by atoms with Gasteiger partial charge in [-0.1, -0.05) is 71.4 Å². The van der Waals surface area contributed by atoms with Crippen LogP contribution < -0.4 is 4.74 Å². The zero-order chi connectivity index (χ0) is 22.8. The number of allylic oxidation sites excluding steroid dienone is 2. The third kappa shape index (κ3) is 5.30. The van der Waals surface area contributed by atoms with Crippen LogP contribution in [0.5, 0.6) is 11.5 Å². The van der Waals surface area contributed by atoms with Crippen LogP contribution in [0.2, 0.25) is 0 Å². The van der Waals surface area contributed by atoms with Crippen LogP contribution in [0.4, 0.5) is 0 Å². The van der Waals surface area contributed by atoms with Crippen molar-refractivity contribution in [3.05, 3.63) is 34.4 Å². The summed E-state index contributed by atoms with van der Waals surface area (Å²) in [6, 6.07) is 4.20. The van der Waals surface area contributed by atoms with Crippen LogP contribution in [0.3, 0.4) is 0 Å². The Morgan fingerprint density at radius 2 is 1.97 bits per heavy atom. The first-order chi connectivity index (χ1) is 14.6. The van der Waals surface area contributed by atoms with E-state index in [-0.39, 0.29) is 11.3 Å². The molecule has 1 aliphatic carbocycles. The molecule has 3 nitrogen and oxygen atoms in total. The fourth-order valence-electron chi connectivity index (χ4n) is 5.26. The van der Waals surface area contributed by atoms with Crippen LogP contribution >= 0.6 is 0 Å². The minimum absolute atomic E-state index is 0.00145. The van der Waals surface area contributed by atoms with Gasteiger partial charge < -0.3 is 14.6 Å². The highest BCUT2D eigenvalue weighted by Gasteiger charge is 2.48. The largest absolute Gasteiger partial charge is 0.507 e. The number of hydrogen-bond donors (Lipinski definition) is 1. The van der Waals surface area contributed by atoms with Gasteiger partial charge in [0.2, 0.25) is 5.79 Å². The van der Waals surface area contributed by atoms with Crippen molar-refractivity contribution in [1.29, 1.82) is 0 Å². The monoisotopic (exact) mass is 428 g/mol. The summed E-state index contributed by atoms with van der Waals surface area (Å²) in [6.45, 7) is 16.3. The molecule has 0 amide bonds. The lowest BCUT2D eigenvalue weighted by atomic mass is 9.71. The average molecular weight is 429 g/mol. The number of unbranched alkanes of at least 4 members (excludes halogenated alkanes) is 3. The first-order valence-corrected chi connectivity index (χ1v) is 12.4. The second kappa shape index (κ2) is 9.57. The van der Waals surface area contributed by atoms with Crippen molar-refractivity contribution in [3.63, 3.8) is 0 Å². The van der Waals surface area contributed by atoms with Crippen LogP contribution in [-0.4, -0.2) is 17.5 Å². The molecule has 1 heterocycles. The molecular weight excluding hydrogens is 384 g/mol. The van der Waals surface area contributed by atoms with Gasteiger partial charge in [-0.05, 0) is 55.7 Å². The van der Waals surface area contributed by atoms with E-state index < -0.39 is 5.79 Å². The molecule has 1 aliphatic heterocycles. The molecule has 3 rings (SSSR count). The van der Waals surface area contributed by atoms with E-state index in [1.807, 2.05) is 6.07 Å². The average Bonchev–Trinajstić information content (AvgIpc) is 2.69. The Kier molecular flexibility index (Phi) is 7.46. The predicted molar refractivity (Wildman–Crippen MR) is 129 cm³/mol. The first-order valence-electron chi connectivity index (χ1n) is 12.4. The van der Waals surface area contributed by atoms with E-state index >= 15 is 0 Å². The molecule has 31 heavy (non-hydrogen) atoms. The first kappa shape index (κ1) is 24.2. The van der Waals surface area contributed by atoms with E-state index in [1.54, 1.807) is 0 Å². The van der Waals surface area contributed by atoms with Crippen molar-refractivity contribution in [3.8, 4) is 11.5 Å². The van der Waals surface area contributed by atoms with Gasteiger partial charge in [0.1, 0.15) is 11.5 Å². The lowest BCUT2D eigenvalue weighted by Gasteiger charge is -2.47. The van der Waals surface area contributed by atoms with E-state index in [1.165, 1.54) is 36.8 Å². The number of fused-ring (bicyclic) bond motifs is 4. The number of phenols is 1. The third-order valence-corrected chi connectivity index (χ3v) is 7.23. The third-order valence-electron chi connectivity index (χ3n) is 7.23. The molecule has 2 aliphatic rings. The van der Waals surface area contributed by atoms with Crippen LogP contribution in [0, 0.1) is 5.92 Å². The quantitative estimate of drug-likeness (QED) is 0.320. The Morgan fingerprint density at radius 1 is 1.23 bits per heavy atom. The summed E-state index contributed by atoms with van der Waals surface area (Å²) in [4.78, 5) is 0. The summed E-state index contributed by atoms with van der Waals surface area (Å²) in [5, 5.41) is 11.2. The molecule has 1 saturated carbocycles. The van der Waals surface area contributed by atoms with Gasteiger partial charge in [-0.25, -0.2) is 0 Å². The van der Waals surface area contributed by atoms with Crippen molar-refractivity contribution in [2.75, 3.05) is 6.61 Å². The zero-order valence-corrected chi connectivity index (χ0v) is 20.9. The van der Waals surface area contributed by atoms with Crippen LogP contribution in [-0.2, 0) is 10.2 Å². The maximum absolute atomic E-state index is 11.2. The Bertz CT molecular complexity index is 801. The number of aromatic hydroxyl groups is 1. The van der Waals surface area contributed by atoms with Crippen molar-refractivity contribution in [2.45, 2.75) is 117 Å². The number of hydrogen-bond acceptors (Lipinski definition) is 3. The lowest BCUT2D eigenvalue weighted by Crippen LogP contribution is -2.47.